The highest BCUT2D eigenvalue weighted by Crippen LogP contribution is 2.40. The summed E-state index contributed by atoms with van der Waals surface area (Å²) >= 11 is 0. The molecule has 5 rings (SSSR count). The number of alkyl halides is 3. The highest BCUT2D eigenvalue weighted by atomic mass is 19.4. The number of nitrogens with one attached hydrogen (secondary N) is 1. The Morgan fingerprint density at radius 2 is 1.73 bits per heavy atom. The van der Waals surface area contributed by atoms with Crippen molar-refractivity contribution in [1.82, 2.24) is 9.88 Å². The largest absolute Gasteiger partial charge is 0.481 e. The van der Waals surface area contributed by atoms with E-state index in [9.17, 15) is 32.7 Å². The molecule has 12 heteroatoms. The van der Waals surface area contributed by atoms with Crippen LogP contribution >= 0.6 is 0 Å². The van der Waals surface area contributed by atoms with Crippen molar-refractivity contribution in [2.45, 2.75) is 51.9 Å². The molecule has 0 fully saturated rings. The fraction of sp³-hybridized carbons (Fsp3) is 0.242. The summed E-state index contributed by atoms with van der Waals surface area (Å²) in [6.07, 6.45) is -5.31. The zero-order valence-corrected chi connectivity index (χ0v) is 24.3. The summed E-state index contributed by atoms with van der Waals surface area (Å²) in [5.41, 5.74) is -1.90. The summed E-state index contributed by atoms with van der Waals surface area (Å²) in [5.74, 6) is -4.06. The molecule has 1 amide bonds. The van der Waals surface area contributed by atoms with Gasteiger partial charge in [-0.3, -0.25) is 19.0 Å². The van der Waals surface area contributed by atoms with E-state index in [-0.39, 0.29) is 29.0 Å². The van der Waals surface area contributed by atoms with Crippen LogP contribution in [-0.4, -0.2) is 21.6 Å². The number of fused-ring (bicyclic) bond motifs is 6. The van der Waals surface area contributed by atoms with E-state index < -0.39 is 70.4 Å². The van der Waals surface area contributed by atoms with Crippen molar-refractivity contribution in [2.24, 2.45) is 0 Å². The number of aliphatic carboxylic acids is 1. The highest BCUT2D eigenvalue weighted by Gasteiger charge is 2.37. The Morgan fingerprint density at radius 3 is 2.40 bits per heavy atom. The third-order valence-electron chi connectivity index (χ3n) is 7.77. The molecule has 3 aromatic carbocycles. The molecule has 234 valence electrons. The van der Waals surface area contributed by atoms with E-state index >= 15 is 8.78 Å². The van der Waals surface area contributed by atoms with E-state index in [1.165, 1.54) is 26.0 Å². The Balaban J connectivity index is 1.84. The Labute approximate surface area is 253 Å². The van der Waals surface area contributed by atoms with Crippen molar-refractivity contribution in [3.05, 3.63) is 116 Å². The minimum Gasteiger partial charge on any atom is -0.481 e. The molecular weight excluding hydrogens is 599 g/mol. The van der Waals surface area contributed by atoms with Crippen molar-refractivity contribution in [3.63, 3.8) is 0 Å². The first-order chi connectivity index (χ1) is 21.2. The Bertz CT molecular complexity index is 1900. The number of amides is 1. The smallest absolute Gasteiger partial charge is 0.416 e. The topological polar surface area (TPSA) is 97.6 Å². The molecule has 2 heterocycles. The van der Waals surface area contributed by atoms with E-state index in [0.717, 1.165) is 18.3 Å². The molecule has 1 aromatic heterocycles. The first-order valence-corrected chi connectivity index (χ1v) is 13.9. The lowest BCUT2D eigenvalue weighted by atomic mass is 9.92. The van der Waals surface area contributed by atoms with Crippen LogP contribution in [0.25, 0.3) is 11.1 Å². The van der Waals surface area contributed by atoms with Crippen LogP contribution in [0.4, 0.5) is 22.0 Å². The van der Waals surface area contributed by atoms with Gasteiger partial charge in [-0.15, -0.1) is 0 Å². The number of hydrogen-bond acceptors (Lipinski definition) is 4. The molecule has 1 aliphatic rings. The first-order valence-electron chi connectivity index (χ1n) is 13.9. The van der Waals surface area contributed by atoms with Gasteiger partial charge in [-0.25, -0.2) is 8.78 Å². The van der Waals surface area contributed by atoms with Gasteiger partial charge in [0, 0.05) is 28.5 Å². The summed E-state index contributed by atoms with van der Waals surface area (Å²) in [4.78, 5) is 39.5. The van der Waals surface area contributed by atoms with Crippen molar-refractivity contribution in [3.8, 4) is 22.6 Å². The quantitative estimate of drug-likeness (QED) is 0.238. The number of aromatic nitrogens is 1. The minimum absolute atomic E-state index is 0.0344. The normalized spacial score (nSPS) is 16.4. The number of carboxylic acids is 1. The number of carbonyl (C=O) groups is 2. The van der Waals surface area contributed by atoms with Gasteiger partial charge in [0.25, 0.3) is 5.56 Å². The predicted molar refractivity (Wildman–Crippen MR) is 154 cm³/mol. The number of aryl methyl sites for hydroxylation is 2. The van der Waals surface area contributed by atoms with E-state index in [2.05, 4.69) is 5.32 Å². The molecule has 0 saturated heterocycles. The number of carboxylic acid groups (broad SMARTS) is 1. The maximum Gasteiger partial charge on any atom is 0.416 e. The average Bonchev–Trinajstić information content (AvgIpc) is 2.96. The maximum atomic E-state index is 15.7. The number of ether oxygens (including phenoxy) is 1. The van der Waals surface area contributed by atoms with Gasteiger partial charge in [0.2, 0.25) is 5.91 Å². The molecule has 4 bridgehead atoms. The Hall–Kier alpha value is -5.00. The number of hydrogen-bond donors (Lipinski definition) is 2. The second-order valence-corrected chi connectivity index (χ2v) is 10.8. The Kier molecular flexibility index (Phi) is 8.26. The van der Waals surface area contributed by atoms with Crippen LogP contribution in [0.1, 0.15) is 58.8 Å². The summed E-state index contributed by atoms with van der Waals surface area (Å²) in [6.45, 7) is 4.58. The lowest BCUT2D eigenvalue weighted by Crippen LogP contribution is -2.41. The molecule has 45 heavy (non-hydrogen) atoms. The number of pyridine rings is 1. The van der Waals surface area contributed by atoms with Crippen LogP contribution in [0.2, 0.25) is 0 Å². The van der Waals surface area contributed by atoms with Crippen LogP contribution in [0.3, 0.4) is 0 Å². The Morgan fingerprint density at radius 1 is 1.00 bits per heavy atom. The minimum atomic E-state index is -4.88. The van der Waals surface area contributed by atoms with Gasteiger partial charge < -0.3 is 15.2 Å². The molecule has 4 aromatic rings. The molecule has 7 nitrogen and oxygen atoms in total. The number of rotatable bonds is 4. The van der Waals surface area contributed by atoms with Crippen LogP contribution in [0, 0.1) is 25.5 Å². The van der Waals surface area contributed by atoms with Gasteiger partial charge in [0.1, 0.15) is 29.2 Å². The summed E-state index contributed by atoms with van der Waals surface area (Å²) in [5, 5.41) is 12.2. The van der Waals surface area contributed by atoms with Crippen molar-refractivity contribution < 1.29 is 41.4 Å². The lowest BCUT2D eigenvalue weighted by molar-refractivity contribution is -0.139. The van der Waals surface area contributed by atoms with E-state index in [1.807, 2.05) is 0 Å². The zero-order chi connectivity index (χ0) is 32.8. The van der Waals surface area contributed by atoms with Gasteiger partial charge in [-0.2, -0.15) is 13.2 Å². The second-order valence-electron chi connectivity index (χ2n) is 10.8. The molecule has 0 unspecified atom stereocenters. The summed E-state index contributed by atoms with van der Waals surface area (Å²) in [7, 11) is 0. The number of benzene rings is 3. The van der Waals surface area contributed by atoms with E-state index in [0.29, 0.717) is 27.3 Å². The fourth-order valence-corrected chi connectivity index (χ4v) is 5.70. The summed E-state index contributed by atoms with van der Waals surface area (Å²) < 4.78 is 79.3. The molecule has 0 aliphatic carbocycles. The van der Waals surface area contributed by atoms with Crippen LogP contribution < -0.4 is 15.6 Å². The van der Waals surface area contributed by atoms with E-state index in [1.54, 1.807) is 31.2 Å². The zero-order valence-electron chi connectivity index (χ0n) is 24.3. The number of carbonyl (C=O) groups excluding carboxylic acids is 1. The molecule has 2 atom stereocenters. The van der Waals surface area contributed by atoms with Gasteiger partial charge in [0.05, 0.1) is 18.0 Å². The van der Waals surface area contributed by atoms with Crippen LogP contribution in [0.5, 0.6) is 11.5 Å². The standard InChI is InChI=1S/C33H27F5N2O5/c1-4-20-23(33(36,37)38)10-11-40(32(20)44)30-21-14-19(8-9-24(21)34)45-26-7-5-6-16(2)28(26)18-12-17(3)29(35)22(13-18)25(15-27(41)42)39-31(30)43/h5-14,25,30H,4,15H2,1-3H3,(H,39,43)(H,41,42)/t25-,30-/m0/s1. The lowest BCUT2D eigenvalue weighted by Gasteiger charge is -2.26. The van der Waals surface area contributed by atoms with Crippen LogP contribution in [0.15, 0.2) is 65.6 Å². The molecule has 0 radical (unpaired) electrons. The average molecular weight is 627 g/mol. The second kappa shape index (κ2) is 11.8. The van der Waals surface area contributed by atoms with Crippen molar-refractivity contribution in [2.75, 3.05) is 0 Å². The van der Waals surface area contributed by atoms with Gasteiger partial charge >= 0.3 is 12.1 Å². The SMILES string of the molecule is CCc1c(C(F)(F)F)ccn([C@@H]2C(=O)N[C@@H](CC(=O)O)c3cc(cc(C)c3F)-c3c(C)cccc3Oc3ccc(F)c2c3)c1=O. The first kappa shape index (κ1) is 31.4. The maximum absolute atomic E-state index is 15.7. The third kappa shape index (κ3) is 5.92. The highest BCUT2D eigenvalue weighted by molar-refractivity contribution is 5.85. The van der Waals surface area contributed by atoms with Crippen LogP contribution in [-0.2, 0) is 22.2 Å². The predicted octanol–water partition coefficient (Wildman–Crippen LogP) is 7.02. The summed E-state index contributed by atoms with van der Waals surface area (Å²) in [6, 6.07) is 8.59. The third-order valence-corrected chi connectivity index (χ3v) is 7.77. The van der Waals surface area contributed by atoms with Gasteiger partial charge in [-0.1, -0.05) is 19.1 Å². The number of halogens is 5. The van der Waals surface area contributed by atoms with Gasteiger partial charge in [0.15, 0.2) is 0 Å². The number of nitrogens with zero attached hydrogens (tertiary/aromatic N) is 1. The fourth-order valence-electron chi connectivity index (χ4n) is 5.70. The monoisotopic (exact) mass is 626 g/mol. The molecule has 0 spiro atoms. The van der Waals surface area contributed by atoms with Crippen molar-refractivity contribution >= 4 is 11.9 Å². The molecule has 2 N–H and O–H groups in total. The van der Waals surface area contributed by atoms with Gasteiger partial charge in [-0.05, 0) is 79.4 Å². The molecular formula is C33H27F5N2O5. The molecule has 1 aliphatic heterocycles. The molecule has 0 saturated carbocycles. The van der Waals surface area contributed by atoms with E-state index in [4.69, 9.17) is 4.74 Å². The van der Waals surface area contributed by atoms with Crippen molar-refractivity contribution in [1.29, 1.82) is 0 Å².